The van der Waals surface area contributed by atoms with E-state index < -0.39 is 5.54 Å². The van der Waals surface area contributed by atoms with Crippen LogP contribution in [0.4, 0.5) is 5.69 Å². The lowest BCUT2D eigenvalue weighted by Gasteiger charge is -2.23. The lowest BCUT2D eigenvalue weighted by molar-refractivity contribution is -0.129. The first kappa shape index (κ1) is 20.5. The summed E-state index contributed by atoms with van der Waals surface area (Å²) in [7, 11) is 0. The lowest BCUT2D eigenvalue weighted by Crippen LogP contribution is -2.42. The Morgan fingerprint density at radius 3 is 2.17 bits per heavy atom. The van der Waals surface area contributed by atoms with E-state index in [0.717, 1.165) is 11.3 Å². The number of rotatable bonds is 3. The molecule has 0 saturated heterocycles. The largest absolute Gasteiger partial charge is 0.384 e. The molecule has 8 heteroatoms. The molecule has 0 unspecified atom stereocenters. The molecule has 3 aromatic rings. The number of carbonyl (C=O) groups is 1. The fourth-order valence-electron chi connectivity index (χ4n) is 2.80. The van der Waals surface area contributed by atoms with Crippen LogP contribution in [0.1, 0.15) is 18.2 Å². The van der Waals surface area contributed by atoms with Gasteiger partial charge in [-0.1, -0.05) is 60.3 Å². The number of anilines is 1. The fraction of sp³-hybridized carbons (Fsp3) is 0.190. The molecule has 7 nitrogen and oxygen atoms in total. The third kappa shape index (κ3) is 4.60. The molecule has 1 atom stereocenters. The van der Waals surface area contributed by atoms with Gasteiger partial charge in [0.1, 0.15) is 5.76 Å². The van der Waals surface area contributed by atoms with E-state index in [0.29, 0.717) is 10.9 Å². The van der Waals surface area contributed by atoms with E-state index in [1.165, 1.54) is 22.8 Å². The second kappa shape index (κ2) is 8.83. The maximum atomic E-state index is 12.9. The van der Waals surface area contributed by atoms with Crippen LogP contribution in [0.15, 0.2) is 81.0 Å². The highest BCUT2D eigenvalue weighted by Crippen LogP contribution is 2.35. The van der Waals surface area contributed by atoms with Crippen molar-refractivity contribution in [3.05, 3.63) is 88.4 Å². The molecule has 150 valence electrons. The van der Waals surface area contributed by atoms with Crippen LogP contribution < -0.4 is 11.0 Å². The first-order chi connectivity index (χ1) is 13.9. The second-order valence-electron chi connectivity index (χ2n) is 6.48. The predicted octanol–water partition coefficient (Wildman–Crippen LogP) is 3.77. The first-order valence-corrected chi connectivity index (χ1v) is 10.2. The normalized spacial score (nSPS) is 18.1. The van der Waals surface area contributed by atoms with Gasteiger partial charge in [0.25, 0.3) is 11.5 Å². The fourth-order valence-corrected chi connectivity index (χ4v) is 3.38. The van der Waals surface area contributed by atoms with Gasteiger partial charge in [0.2, 0.25) is 0 Å². The molecule has 1 aliphatic heterocycles. The van der Waals surface area contributed by atoms with Gasteiger partial charge in [-0.2, -0.15) is 10.2 Å². The number of aromatic amines is 1. The Labute approximate surface area is 172 Å². The molecule has 0 bridgehead atoms. The molecule has 4 rings (SSSR count). The number of hydrogen-bond acceptors (Lipinski definition) is 6. The number of nitrogens with one attached hydrogen (secondary N) is 2. The number of aromatic nitrogens is 1. The minimum absolute atomic E-state index is 0.0769. The van der Waals surface area contributed by atoms with Crippen molar-refractivity contribution in [2.45, 2.75) is 19.4 Å². The van der Waals surface area contributed by atoms with Gasteiger partial charge >= 0.3 is 0 Å². The third-order valence-electron chi connectivity index (χ3n) is 4.31. The molecular weight excluding hydrogens is 388 g/mol. The van der Waals surface area contributed by atoms with Gasteiger partial charge in [0, 0.05) is 6.07 Å². The molecule has 0 aliphatic carbocycles. The van der Waals surface area contributed by atoms with Crippen molar-refractivity contribution in [1.29, 1.82) is 0 Å². The van der Waals surface area contributed by atoms with Crippen molar-refractivity contribution in [2.75, 3.05) is 11.7 Å². The van der Waals surface area contributed by atoms with E-state index in [4.69, 9.17) is 0 Å². The zero-order valence-corrected chi connectivity index (χ0v) is 17.2. The smallest absolute Gasteiger partial charge is 0.280 e. The standard InChI is InChI=1S/C17H17N3OS.C4H5NO2/c1-17(13-9-5-3-6-10-13)15(21)20(16(18-17)22-2)19-14-11-7-4-8-12-14;1-3-2-4(6)5-7-3/h3-12,19H,1-2H3;2H,1H3,(H,5,6)/t17-;/m0./s1. The molecule has 1 amide bonds. The van der Waals surface area contributed by atoms with Crippen LogP contribution in [-0.2, 0) is 10.3 Å². The zero-order valence-electron chi connectivity index (χ0n) is 16.4. The summed E-state index contributed by atoms with van der Waals surface area (Å²) >= 11 is 1.45. The van der Waals surface area contributed by atoms with Crippen molar-refractivity contribution in [3.63, 3.8) is 0 Å². The first-order valence-electron chi connectivity index (χ1n) is 8.95. The maximum absolute atomic E-state index is 12.9. The summed E-state index contributed by atoms with van der Waals surface area (Å²) < 4.78 is 4.53. The van der Waals surface area contributed by atoms with Gasteiger partial charge in [0.05, 0.1) is 5.69 Å². The molecule has 0 fully saturated rings. The summed E-state index contributed by atoms with van der Waals surface area (Å²) in [6.45, 7) is 3.56. The molecular formula is C21H22N4O3S. The lowest BCUT2D eigenvalue weighted by atomic mass is 9.92. The number of thioether (sulfide) groups is 1. The van der Waals surface area contributed by atoms with Crippen molar-refractivity contribution in [3.8, 4) is 0 Å². The molecule has 2 N–H and O–H groups in total. The summed E-state index contributed by atoms with van der Waals surface area (Å²) in [6.07, 6.45) is 1.92. The van der Waals surface area contributed by atoms with Gasteiger partial charge < -0.3 is 4.52 Å². The van der Waals surface area contributed by atoms with Crippen LogP contribution in [-0.4, -0.2) is 27.5 Å². The molecule has 29 heavy (non-hydrogen) atoms. The van der Waals surface area contributed by atoms with Gasteiger partial charge in [-0.3, -0.25) is 15.0 Å². The summed E-state index contributed by atoms with van der Waals surface area (Å²) in [5, 5.41) is 4.34. The van der Waals surface area contributed by atoms with Crippen LogP contribution in [0.3, 0.4) is 0 Å². The topological polar surface area (TPSA) is 90.7 Å². The molecule has 0 spiro atoms. The SMILES string of the molecule is CSC1=N[C@@](C)(c2ccccc2)C(=O)N1Nc1ccccc1.Cc1cc(=O)[nH]o1. The Kier molecular flexibility index (Phi) is 6.23. The predicted molar refractivity (Wildman–Crippen MR) is 116 cm³/mol. The van der Waals surface area contributed by atoms with Crippen LogP contribution >= 0.6 is 11.8 Å². The number of hydrazine groups is 1. The monoisotopic (exact) mass is 410 g/mol. The summed E-state index contributed by atoms with van der Waals surface area (Å²) in [6, 6.07) is 20.7. The molecule has 1 aromatic heterocycles. The summed E-state index contributed by atoms with van der Waals surface area (Å²) in [5.41, 5.74) is 3.83. The number of aryl methyl sites for hydroxylation is 1. The van der Waals surface area contributed by atoms with E-state index in [1.807, 2.05) is 73.8 Å². The third-order valence-corrected chi connectivity index (χ3v) is 4.95. The highest BCUT2D eigenvalue weighted by molar-refractivity contribution is 8.13. The number of benzene rings is 2. The average Bonchev–Trinajstić information content (AvgIpc) is 3.24. The Balaban J connectivity index is 0.000000290. The van der Waals surface area contributed by atoms with E-state index in [9.17, 15) is 9.59 Å². The Morgan fingerprint density at radius 2 is 1.69 bits per heavy atom. The van der Waals surface area contributed by atoms with Crippen LogP contribution in [0.25, 0.3) is 0 Å². The molecule has 1 aliphatic rings. The zero-order chi connectivity index (χ0) is 20.9. The van der Waals surface area contributed by atoms with Gasteiger partial charge in [-0.05, 0) is 37.8 Å². The second-order valence-corrected chi connectivity index (χ2v) is 7.25. The van der Waals surface area contributed by atoms with Crippen molar-refractivity contribution in [2.24, 2.45) is 4.99 Å². The van der Waals surface area contributed by atoms with E-state index >= 15 is 0 Å². The summed E-state index contributed by atoms with van der Waals surface area (Å²) in [4.78, 5) is 27.7. The van der Waals surface area contributed by atoms with E-state index in [1.54, 1.807) is 6.92 Å². The highest BCUT2D eigenvalue weighted by atomic mass is 32.2. The number of para-hydroxylation sites is 1. The van der Waals surface area contributed by atoms with Gasteiger partial charge in [-0.15, -0.1) is 0 Å². The Hall–Kier alpha value is -3.26. The molecule has 2 aromatic carbocycles. The van der Waals surface area contributed by atoms with Crippen molar-refractivity contribution in [1.82, 2.24) is 10.2 Å². The van der Waals surface area contributed by atoms with Gasteiger partial charge in [-0.25, -0.2) is 4.99 Å². The van der Waals surface area contributed by atoms with Crippen LogP contribution in [0.5, 0.6) is 0 Å². The highest BCUT2D eigenvalue weighted by Gasteiger charge is 2.46. The Morgan fingerprint density at radius 1 is 1.07 bits per heavy atom. The minimum Gasteiger partial charge on any atom is -0.384 e. The molecule has 2 heterocycles. The average molecular weight is 410 g/mol. The van der Waals surface area contributed by atoms with E-state index in [-0.39, 0.29) is 11.5 Å². The van der Waals surface area contributed by atoms with Crippen LogP contribution in [0.2, 0.25) is 0 Å². The number of nitrogens with zero attached hydrogens (tertiary/aromatic N) is 2. The number of aliphatic imine (C=N–C) groups is 1. The van der Waals surface area contributed by atoms with Crippen molar-refractivity contribution >= 4 is 28.5 Å². The number of carbonyl (C=O) groups excluding carboxylic acids is 1. The molecule has 0 saturated carbocycles. The van der Waals surface area contributed by atoms with E-state index in [2.05, 4.69) is 20.1 Å². The maximum Gasteiger partial charge on any atom is 0.280 e. The summed E-state index contributed by atoms with van der Waals surface area (Å²) in [5.74, 6) is 0.539. The van der Waals surface area contributed by atoms with Crippen molar-refractivity contribution < 1.29 is 9.32 Å². The minimum atomic E-state index is -0.888. The number of amides is 1. The van der Waals surface area contributed by atoms with Crippen LogP contribution in [0, 0.1) is 6.92 Å². The molecule has 0 radical (unpaired) electrons. The number of H-pyrrole nitrogens is 1. The Bertz CT molecular complexity index is 1050. The number of hydrogen-bond donors (Lipinski definition) is 2. The quantitative estimate of drug-likeness (QED) is 0.686. The number of amidine groups is 1. The van der Waals surface area contributed by atoms with Gasteiger partial charge in [0.15, 0.2) is 10.7 Å².